The smallest absolute Gasteiger partial charge is 0.252 e. The van der Waals surface area contributed by atoms with Crippen molar-refractivity contribution >= 4 is 23.3 Å². The van der Waals surface area contributed by atoms with Gasteiger partial charge in [0.2, 0.25) is 0 Å². The molecule has 12 nitrogen and oxygen atoms in total. The summed E-state index contributed by atoms with van der Waals surface area (Å²) in [4.78, 5) is 32.0. The number of hydrogen-bond acceptors (Lipinski definition) is 11. The molecule has 0 bridgehead atoms. The Labute approximate surface area is 234 Å². The molecule has 0 atom stereocenters. The number of pyridine rings is 1. The molecular weight excluding hydrogens is 524 g/mol. The fourth-order valence-corrected chi connectivity index (χ4v) is 4.68. The van der Waals surface area contributed by atoms with Gasteiger partial charge >= 0.3 is 0 Å². The third kappa shape index (κ3) is 5.99. The van der Waals surface area contributed by atoms with E-state index in [0.29, 0.717) is 29.3 Å². The van der Waals surface area contributed by atoms with Crippen molar-refractivity contribution in [3.63, 3.8) is 0 Å². The molecule has 0 spiro atoms. The molecule has 198 valence electrons. The van der Waals surface area contributed by atoms with Crippen LogP contribution >= 0.6 is 11.8 Å². The first-order chi connectivity index (χ1) is 19.5. The summed E-state index contributed by atoms with van der Waals surface area (Å²) in [6.07, 6.45) is 9.35. The maximum atomic E-state index is 4.78. The van der Waals surface area contributed by atoms with E-state index in [0.717, 1.165) is 39.2 Å². The normalized spacial score (nSPS) is 11.1. The molecule has 6 rings (SSSR count). The molecule has 1 N–H and O–H groups in total. The highest BCUT2D eigenvalue weighted by atomic mass is 32.2. The molecule has 6 heterocycles. The van der Waals surface area contributed by atoms with Gasteiger partial charge in [-0.1, -0.05) is 0 Å². The average molecular weight is 549 g/mol. The molecule has 0 amide bonds. The summed E-state index contributed by atoms with van der Waals surface area (Å²) in [6.45, 7) is 5.77. The lowest BCUT2D eigenvalue weighted by atomic mass is 10.2. The second-order valence-corrected chi connectivity index (χ2v) is 9.96. The average Bonchev–Trinajstić information content (AvgIpc) is 3.57. The van der Waals surface area contributed by atoms with E-state index in [1.54, 1.807) is 28.0 Å². The number of aromatic nitrogens is 11. The predicted octanol–water partition coefficient (Wildman–Crippen LogP) is 4.23. The Balaban J connectivity index is 1.27. The Kier molecular flexibility index (Phi) is 6.93. The second kappa shape index (κ2) is 11.0. The van der Waals surface area contributed by atoms with Crippen LogP contribution in [0.1, 0.15) is 28.5 Å². The van der Waals surface area contributed by atoms with Crippen LogP contribution in [0.25, 0.3) is 11.9 Å². The quantitative estimate of drug-likeness (QED) is 0.216. The molecule has 0 saturated carbocycles. The first kappa shape index (κ1) is 25.2. The Morgan fingerprint density at radius 1 is 0.750 bits per heavy atom. The van der Waals surface area contributed by atoms with Gasteiger partial charge in [0.05, 0.1) is 34.7 Å². The molecule has 0 aliphatic rings. The van der Waals surface area contributed by atoms with Crippen molar-refractivity contribution in [2.75, 3.05) is 5.32 Å². The van der Waals surface area contributed by atoms with Crippen LogP contribution in [0.3, 0.4) is 0 Å². The third-order valence-corrected chi connectivity index (χ3v) is 6.42. The summed E-state index contributed by atoms with van der Waals surface area (Å²) >= 11 is 1.37. The molecule has 0 aliphatic heterocycles. The van der Waals surface area contributed by atoms with Crippen LogP contribution in [-0.2, 0) is 6.42 Å². The van der Waals surface area contributed by atoms with E-state index in [2.05, 4.69) is 40.4 Å². The van der Waals surface area contributed by atoms with Gasteiger partial charge in [-0.05, 0) is 68.9 Å². The minimum Gasteiger partial charge on any atom is -0.339 e. The zero-order valence-electron chi connectivity index (χ0n) is 22.0. The van der Waals surface area contributed by atoms with Crippen molar-refractivity contribution in [2.24, 2.45) is 0 Å². The molecule has 0 radical (unpaired) electrons. The van der Waals surface area contributed by atoms with E-state index in [1.807, 2.05) is 75.6 Å². The van der Waals surface area contributed by atoms with Crippen LogP contribution in [0.2, 0.25) is 0 Å². The number of nitrogens with one attached hydrogen (secondary N) is 1. The molecule has 0 aromatic carbocycles. The summed E-state index contributed by atoms with van der Waals surface area (Å²) in [7, 11) is 0. The lowest BCUT2D eigenvalue weighted by molar-refractivity contribution is 0.771. The van der Waals surface area contributed by atoms with Gasteiger partial charge in [0.15, 0.2) is 5.16 Å². The minimum atomic E-state index is 0.457. The van der Waals surface area contributed by atoms with Gasteiger partial charge in [-0.3, -0.25) is 4.98 Å². The molecule has 0 aliphatic carbocycles. The van der Waals surface area contributed by atoms with E-state index in [-0.39, 0.29) is 0 Å². The standard InChI is InChI=1S/C27H24N12S/c1-17-7-11-38(36-17)25-30-19(3)13-24(35-25)40-27-29-10-6-20(33-27)14-22-15-23(31-21-5-4-9-28-16-21)34-26(32-22)39-12-8-18(2)37-39/h4-13,15-16H,14H2,1-3H3,(H,31,32,34). The first-order valence-corrected chi connectivity index (χ1v) is 13.2. The summed E-state index contributed by atoms with van der Waals surface area (Å²) in [5.74, 6) is 1.59. The van der Waals surface area contributed by atoms with Crippen molar-refractivity contribution < 1.29 is 0 Å². The molecule has 0 fully saturated rings. The summed E-state index contributed by atoms with van der Waals surface area (Å²) in [6, 6.07) is 13.3. The van der Waals surface area contributed by atoms with E-state index < -0.39 is 0 Å². The zero-order chi connectivity index (χ0) is 27.5. The molecule has 6 aromatic rings. The largest absolute Gasteiger partial charge is 0.339 e. The third-order valence-electron chi connectivity index (χ3n) is 5.62. The Hall–Kier alpha value is -5.04. The van der Waals surface area contributed by atoms with Gasteiger partial charge in [-0.25, -0.2) is 34.3 Å². The van der Waals surface area contributed by atoms with Gasteiger partial charge in [0.1, 0.15) is 10.8 Å². The predicted molar refractivity (Wildman–Crippen MR) is 149 cm³/mol. The van der Waals surface area contributed by atoms with Crippen LogP contribution in [-0.4, -0.2) is 54.4 Å². The van der Waals surface area contributed by atoms with Gasteiger partial charge in [0, 0.05) is 43.0 Å². The van der Waals surface area contributed by atoms with Crippen molar-refractivity contribution in [3.8, 4) is 11.9 Å². The van der Waals surface area contributed by atoms with E-state index >= 15 is 0 Å². The maximum absolute atomic E-state index is 4.78. The van der Waals surface area contributed by atoms with Gasteiger partial charge in [-0.2, -0.15) is 15.2 Å². The fourth-order valence-electron chi connectivity index (χ4n) is 3.86. The SMILES string of the molecule is Cc1cc(Sc2nccc(Cc3cc(Nc4cccnc4)nc(-n4ccc(C)n4)n3)n2)nc(-n2ccc(C)n2)n1. The van der Waals surface area contributed by atoms with Gasteiger partial charge in [0.25, 0.3) is 11.9 Å². The number of rotatable bonds is 8. The van der Waals surface area contributed by atoms with Crippen LogP contribution in [0.15, 0.2) is 83.6 Å². The fraction of sp³-hybridized carbons (Fsp3) is 0.148. The first-order valence-electron chi connectivity index (χ1n) is 12.4. The summed E-state index contributed by atoms with van der Waals surface area (Å²) in [5.41, 5.74) is 4.99. The molecule has 40 heavy (non-hydrogen) atoms. The second-order valence-electron chi connectivity index (χ2n) is 8.97. The summed E-state index contributed by atoms with van der Waals surface area (Å²) in [5, 5.41) is 13.5. The van der Waals surface area contributed by atoms with Gasteiger partial charge < -0.3 is 5.32 Å². The number of nitrogens with zero attached hydrogens (tertiary/aromatic N) is 11. The van der Waals surface area contributed by atoms with Crippen LogP contribution < -0.4 is 5.32 Å². The molecule has 0 saturated heterocycles. The maximum Gasteiger partial charge on any atom is 0.252 e. The molecule has 6 aromatic heterocycles. The number of anilines is 2. The van der Waals surface area contributed by atoms with Crippen LogP contribution in [0.5, 0.6) is 0 Å². The van der Waals surface area contributed by atoms with E-state index in [1.165, 1.54) is 11.8 Å². The highest BCUT2D eigenvalue weighted by Crippen LogP contribution is 2.25. The van der Waals surface area contributed by atoms with Crippen molar-refractivity contribution in [3.05, 3.63) is 102 Å². The Morgan fingerprint density at radius 2 is 1.52 bits per heavy atom. The van der Waals surface area contributed by atoms with Crippen molar-refractivity contribution in [1.29, 1.82) is 0 Å². The highest BCUT2D eigenvalue weighted by molar-refractivity contribution is 7.99. The lowest BCUT2D eigenvalue weighted by Crippen LogP contribution is -2.08. The Morgan fingerprint density at radius 3 is 2.23 bits per heavy atom. The minimum absolute atomic E-state index is 0.457. The number of hydrogen-bond donors (Lipinski definition) is 1. The summed E-state index contributed by atoms with van der Waals surface area (Å²) < 4.78 is 3.32. The topological polar surface area (TPSA) is 138 Å². The van der Waals surface area contributed by atoms with Crippen molar-refractivity contribution in [2.45, 2.75) is 37.4 Å². The molecule has 0 unspecified atom stereocenters. The van der Waals surface area contributed by atoms with Crippen LogP contribution in [0.4, 0.5) is 11.5 Å². The number of aryl methyl sites for hydroxylation is 3. The monoisotopic (exact) mass is 548 g/mol. The van der Waals surface area contributed by atoms with Gasteiger partial charge in [-0.15, -0.1) is 0 Å². The van der Waals surface area contributed by atoms with Crippen LogP contribution in [0, 0.1) is 20.8 Å². The Bertz CT molecular complexity index is 1780. The van der Waals surface area contributed by atoms with E-state index in [9.17, 15) is 0 Å². The van der Waals surface area contributed by atoms with E-state index in [4.69, 9.17) is 9.97 Å². The highest BCUT2D eigenvalue weighted by Gasteiger charge is 2.12. The zero-order valence-corrected chi connectivity index (χ0v) is 22.8. The lowest BCUT2D eigenvalue weighted by Gasteiger charge is -2.10. The van der Waals surface area contributed by atoms with Crippen molar-refractivity contribution in [1.82, 2.24) is 54.4 Å². The molecule has 13 heteroatoms. The molecular formula is C27H24N12S.